The van der Waals surface area contributed by atoms with Gasteiger partial charge in [0.1, 0.15) is 0 Å². The molecule has 0 radical (unpaired) electrons. The normalized spacial score (nSPS) is 22.1. The molecule has 1 fully saturated rings. The monoisotopic (exact) mass is 297 g/mol. The lowest BCUT2D eigenvalue weighted by Gasteiger charge is -2.30. The van der Waals surface area contributed by atoms with E-state index in [-0.39, 0.29) is 17.6 Å². The van der Waals surface area contributed by atoms with Gasteiger partial charge in [0.15, 0.2) is 0 Å². The van der Waals surface area contributed by atoms with E-state index in [2.05, 4.69) is 0 Å². The molecule has 0 aromatic heterocycles. The van der Waals surface area contributed by atoms with Gasteiger partial charge in [-0.3, -0.25) is 0 Å². The minimum Gasteiger partial charge on any atom is -0.369 e. The number of rotatable bonds is 3. The van der Waals surface area contributed by atoms with Crippen molar-refractivity contribution in [3.8, 4) is 6.07 Å². The van der Waals surface area contributed by atoms with Crippen molar-refractivity contribution < 1.29 is 13.2 Å². The fourth-order valence-corrected chi connectivity index (χ4v) is 2.97. The smallest absolute Gasteiger partial charge is 0.369 e. The molecule has 3 nitrogen and oxygen atoms in total. The Labute approximate surface area is 122 Å². The molecular formula is C15H18F3N3. The van der Waals surface area contributed by atoms with E-state index < -0.39 is 11.7 Å². The average molecular weight is 297 g/mol. The standard InChI is InChI=1S/C15H18F3N3/c1-2-21(12-6-4-11(20)7-12)13-5-3-10(9-19)14(8-13)15(16,17)18/h3,5,8,11-12H,2,4,6-7,20H2,1H3. The van der Waals surface area contributed by atoms with Gasteiger partial charge in [-0.15, -0.1) is 0 Å². The summed E-state index contributed by atoms with van der Waals surface area (Å²) in [5.41, 5.74) is 5.18. The Kier molecular flexibility index (Phi) is 4.43. The Bertz CT molecular complexity index is 548. The van der Waals surface area contributed by atoms with Crippen LogP contribution in [0.5, 0.6) is 0 Å². The molecule has 2 unspecified atom stereocenters. The van der Waals surface area contributed by atoms with Crippen LogP contribution >= 0.6 is 0 Å². The molecule has 2 rings (SSSR count). The molecule has 0 aliphatic heterocycles. The third kappa shape index (κ3) is 3.30. The summed E-state index contributed by atoms with van der Waals surface area (Å²) in [5, 5.41) is 8.83. The largest absolute Gasteiger partial charge is 0.417 e. The van der Waals surface area contributed by atoms with Crippen molar-refractivity contribution in [3.05, 3.63) is 29.3 Å². The zero-order chi connectivity index (χ0) is 15.6. The summed E-state index contributed by atoms with van der Waals surface area (Å²) in [6.45, 7) is 2.52. The van der Waals surface area contributed by atoms with Crippen molar-refractivity contribution in [1.82, 2.24) is 0 Å². The zero-order valence-corrected chi connectivity index (χ0v) is 11.8. The number of nitriles is 1. The van der Waals surface area contributed by atoms with Gasteiger partial charge in [0, 0.05) is 24.3 Å². The van der Waals surface area contributed by atoms with E-state index in [0.29, 0.717) is 12.2 Å². The van der Waals surface area contributed by atoms with E-state index in [1.165, 1.54) is 6.07 Å². The molecule has 0 bridgehead atoms. The highest BCUT2D eigenvalue weighted by Gasteiger charge is 2.35. The van der Waals surface area contributed by atoms with Crippen LogP contribution in [0.4, 0.5) is 18.9 Å². The molecule has 0 heterocycles. The molecule has 0 saturated heterocycles. The summed E-state index contributed by atoms with van der Waals surface area (Å²) in [5.74, 6) is 0. The minimum absolute atomic E-state index is 0.115. The van der Waals surface area contributed by atoms with Crippen LogP contribution in [0.15, 0.2) is 18.2 Å². The highest BCUT2D eigenvalue weighted by atomic mass is 19.4. The van der Waals surface area contributed by atoms with Crippen LogP contribution in [0.1, 0.15) is 37.3 Å². The third-order valence-corrected chi connectivity index (χ3v) is 3.99. The Morgan fingerprint density at radius 1 is 1.38 bits per heavy atom. The SMILES string of the molecule is CCN(c1ccc(C#N)c(C(F)(F)F)c1)C1CCC(N)C1. The van der Waals surface area contributed by atoms with Gasteiger partial charge in [-0.25, -0.2) is 0 Å². The summed E-state index contributed by atoms with van der Waals surface area (Å²) in [6, 6.07) is 5.79. The van der Waals surface area contributed by atoms with E-state index in [1.807, 2.05) is 11.8 Å². The van der Waals surface area contributed by atoms with Crippen LogP contribution < -0.4 is 10.6 Å². The van der Waals surface area contributed by atoms with Gasteiger partial charge >= 0.3 is 6.18 Å². The molecule has 114 valence electrons. The van der Waals surface area contributed by atoms with Crippen molar-refractivity contribution in [2.45, 2.75) is 44.4 Å². The number of alkyl halides is 3. The van der Waals surface area contributed by atoms with Gasteiger partial charge in [0.25, 0.3) is 0 Å². The van der Waals surface area contributed by atoms with Crippen molar-refractivity contribution in [3.63, 3.8) is 0 Å². The Morgan fingerprint density at radius 2 is 2.10 bits per heavy atom. The number of anilines is 1. The Hall–Kier alpha value is -1.74. The van der Waals surface area contributed by atoms with Crippen LogP contribution in [-0.2, 0) is 6.18 Å². The van der Waals surface area contributed by atoms with Crippen molar-refractivity contribution in [1.29, 1.82) is 5.26 Å². The van der Waals surface area contributed by atoms with Gasteiger partial charge in [-0.2, -0.15) is 18.4 Å². The lowest BCUT2D eigenvalue weighted by molar-refractivity contribution is -0.137. The van der Waals surface area contributed by atoms with Crippen molar-refractivity contribution in [2.24, 2.45) is 5.73 Å². The average Bonchev–Trinajstić information content (AvgIpc) is 2.85. The molecule has 0 amide bonds. The lowest BCUT2D eigenvalue weighted by Crippen LogP contribution is -2.34. The first-order valence-corrected chi connectivity index (χ1v) is 7.00. The molecule has 21 heavy (non-hydrogen) atoms. The lowest BCUT2D eigenvalue weighted by atomic mass is 10.1. The molecule has 1 aromatic rings. The second-order valence-corrected chi connectivity index (χ2v) is 5.35. The molecule has 2 atom stereocenters. The highest BCUT2D eigenvalue weighted by Crippen LogP contribution is 2.36. The number of halogens is 3. The fraction of sp³-hybridized carbons (Fsp3) is 0.533. The second-order valence-electron chi connectivity index (χ2n) is 5.35. The number of hydrogen-bond donors (Lipinski definition) is 1. The second kappa shape index (κ2) is 5.94. The van der Waals surface area contributed by atoms with Gasteiger partial charge < -0.3 is 10.6 Å². The maximum atomic E-state index is 13.0. The summed E-state index contributed by atoms with van der Waals surface area (Å²) < 4.78 is 39.1. The summed E-state index contributed by atoms with van der Waals surface area (Å²) in [7, 11) is 0. The first kappa shape index (κ1) is 15.6. The molecule has 1 saturated carbocycles. The number of benzene rings is 1. The third-order valence-electron chi connectivity index (χ3n) is 3.99. The maximum absolute atomic E-state index is 13.0. The van der Waals surface area contributed by atoms with Gasteiger partial charge in [0.05, 0.1) is 17.2 Å². The van der Waals surface area contributed by atoms with Gasteiger partial charge in [-0.05, 0) is 44.4 Å². The fourth-order valence-electron chi connectivity index (χ4n) is 2.97. The van der Waals surface area contributed by atoms with Crippen LogP contribution in [-0.4, -0.2) is 18.6 Å². The molecule has 1 aromatic carbocycles. The maximum Gasteiger partial charge on any atom is 0.417 e. The van der Waals surface area contributed by atoms with E-state index >= 15 is 0 Å². The van der Waals surface area contributed by atoms with Crippen LogP contribution in [0.2, 0.25) is 0 Å². The molecule has 1 aliphatic carbocycles. The van der Waals surface area contributed by atoms with Crippen LogP contribution in [0, 0.1) is 11.3 Å². The van der Waals surface area contributed by atoms with Crippen molar-refractivity contribution >= 4 is 5.69 Å². The molecule has 1 aliphatic rings. The Balaban J connectivity index is 2.37. The van der Waals surface area contributed by atoms with Crippen LogP contribution in [0.25, 0.3) is 0 Å². The summed E-state index contributed by atoms with van der Waals surface area (Å²) in [4.78, 5) is 1.95. The van der Waals surface area contributed by atoms with Crippen LogP contribution in [0.3, 0.4) is 0 Å². The van der Waals surface area contributed by atoms with E-state index in [4.69, 9.17) is 11.0 Å². The predicted octanol–water partition coefficient (Wildman–Crippen LogP) is 3.28. The topological polar surface area (TPSA) is 53.0 Å². The number of nitrogens with zero attached hydrogens (tertiary/aromatic N) is 2. The van der Waals surface area contributed by atoms with E-state index in [1.54, 1.807) is 12.1 Å². The molecular weight excluding hydrogens is 279 g/mol. The van der Waals surface area contributed by atoms with E-state index in [0.717, 1.165) is 25.3 Å². The highest BCUT2D eigenvalue weighted by molar-refractivity contribution is 5.55. The predicted molar refractivity (Wildman–Crippen MR) is 74.8 cm³/mol. The first-order valence-electron chi connectivity index (χ1n) is 7.00. The quantitative estimate of drug-likeness (QED) is 0.931. The first-order chi connectivity index (χ1) is 9.86. The number of hydrogen-bond acceptors (Lipinski definition) is 3. The minimum atomic E-state index is -4.52. The summed E-state index contributed by atoms with van der Waals surface area (Å²) in [6.07, 6.45) is -1.96. The zero-order valence-electron chi connectivity index (χ0n) is 11.8. The number of nitrogens with two attached hydrogens (primary N) is 1. The molecule has 2 N–H and O–H groups in total. The molecule has 0 spiro atoms. The van der Waals surface area contributed by atoms with Crippen molar-refractivity contribution in [2.75, 3.05) is 11.4 Å². The molecule has 6 heteroatoms. The Morgan fingerprint density at radius 3 is 2.57 bits per heavy atom. The van der Waals surface area contributed by atoms with Gasteiger partial charge in [0.2, 0.25) is 0 Å². The summed E-state index contributed by atoms with van der Waals surface area (Å²) >= 11 is 0. The van der Waals surface area contributed by atoms with Gasteiger partial charge in [-0.1, -0.05) is 0 Å². The van der Waals surface area contributed by atoms with E-state index in [9.17, 15) is 13.2 Å².